The molecule has 3 rings (SSSR count). The minimum atomic E-state index is -0.844. The lowest BCUT2D eigenvalue weighted by Crippen LogP contribution is -2.50. The van der Waals surface area contributed by atoms with Gasteiger partial charge in [-0.1, -0.05) is 30.3 Å². The summed E-state index contributed by atoms with van der Waals surface area (Å²) in [6.07, 6.45) is -1.31. The number of aliphatic hydroxyl groups is 2. The highest BCUT2D eigenvalue weighted by atomic mass is 16.6. The molecule has 0 unspecified atom stereocenters. The summed E-state index contributed by atoms with van der Waals surface area (Å²) in [6, 6.07) is 9.16. The first-order valence-corrected chi connectivity index (χ1v) is 6.50. The molecule has 1 aliphatic carbocycles. The van der Waals surface area contributed by atoms with Crippen molar-refractivity contribution >= 4 is 6.09 Å². The first-order valence-electron chi connectivity index (χ1n) is 6.50. The van der Waals surface area contributed by atoms with Crippen molar-refractivity contribution in [2.45, 2.75) is 31.3 Å². The predicted molar refractivity (Wildman–Crippen MR) is 67.2 cm³/mol. The Bertz CT molecular complexity index is 462. The number of hydrogen-bond donors (Lipinski definition) is 2. The van der Waals surface area contributed by atoms with Crippen LogP contribution in [0, 0.1) is 5.92 Å². The van der Waals surface area contributed by atoms with Crippen LogP contribution in [0.25, 0.3) is 0 Å². The van der Waals surface area contributed by atoms with Gasteiger partial charge < -0.3 is 19.8 Å². The van der Waals surface area contributed by atoms with Gasteiger partial charge in [0, 0.05) is 12.5 Å². The number of amides is 1. The number of carbonyl (C=O) groups excluding carboxylic acids is 1. The van der Waals surface area contributed by atoms with E-state index in [-0.39, 0.29) is 18.6 Å². The Morgan fingerprint density at radius 3 is 2.63 bits per heavy atom. The third kappa shape index (κ3) is 2.19. The van der Waals surface area contributed by atoms with E-state index in [1.165, 1.54) is 4.90 Å². The van der Waals surface area contributed by atoms with E-state index < -0.39 is 18.3 Å². The van der Waals surface area contributed by atoms with Crippen LogP contribution in [-0.4, -0.2) is 46.0 Å². The van der Waals surface area contributed by atoms with E-state index in [1.807, 2.05) is 30.3 Å². The molecule has 1 aromatic rings. The van der Waals surface area contributed by atoms with E-state index in [2.05, 4.69) is 0 Å². The summed E-state index contributed by atoms with van der Waals surface area (Å²) in [5.41, 5.74) is 0.931. The lowest BCUT2D eigenvalue weighted by Gasteiger charge is -2.32. The summed E-state index contributed by atoms with van der Waals surface area (Å²) in [5.74, 6) is -0.0238. The second kappa shape index (κ2) is 4.83. The van der Waals surface area contributed by atoms with Gasteiger partial charge in [-0.05, 0) is 12.0 Å². The van der Waals surface area contributed by atoms with Crippen LogP contribution in [-0.2, 0) is 11.3 Å². The SMILES string of the molecule is O=C(OCc1ccccc1)N1C[C@@H]2C[C@H]1[C@@H](O)[C@H]2O. The third-order valence-electron chi connectivity index (χ3n) is 4.04. The number of nitrogens with zero attached hydrogens (tertiary/aromatic N) is 1. The van der Waals surface area contributed by atoms with Crippen molar-refractivity contribution in [3.8, 4) is 0 Å². The van der Waals surface area contributed by atoms with Gasteiger partial charge in [0.05, 0.1) is 12.1 Å². The van der Waals surface area contributed by atoms with E-state index in [1.54, 1.807) is 0 Å². The predicted octanol–water partition coefficient (Wildman–Crippen LogP) is 0.749. The molecule has 1 heterocycles. The Kier molecular flexibility index (Phi) is 3.16. The van der Waals surface area contributed by atoms with Crippen LogP contribution >= 0.6 is 0 Å². The molecule has 0 aromatic heterocycles. The summed E-state index contributed by atoms with van der Waals surface area (Å²) in [5, 5.41) is 19.5. The van der Waals surface area contributed by atoms with Crippen molar-refractivity contribution in [1.82, 2.24) is 4.90 Å². The molecule has 2 bridgehead atoms. The molecule has 5 heteroatoms. The summed E-state index contributed by atoms with van der Waals surface area (Å²) >= 11 is 0. The Morgan fingerprint density at radius 1 is 1.26 bits per heavy atom. The number of benzene rings is 1. The van der Waals surface area contributed by atoms with Crippen molar-refractivity contribution in [2.75, 3.05) is 6.54 Å². The molecular formula is C14H17NO4. The molecule has 0 spiro atoms. The lowest BCUT2D eigenvalue weighted by atomic mass is 10.0. The first kappa shape index (κ1) is 12.4. The topological polar surface area (TPSA) is 70.0 Å². The molecule has 2 aliphatic rings. The van der Waals surface area contributed by atoms with Crippen LogP contribution in [0.3, 0.4) is 0 Å². The molecule has 2 N–H and O–H groups in total. The monoisotopic (exact) mass is 263 g/mol. The van der Waals surface area contributed by atoms with Crippen LogP contribution in [0.15, 0.2) is 30.3 Å². The fourth-order valence-electron chi connectivity index (χ4n) is 2.99. The van der Waals surface area contributed by atoms with Crippen molar-refractivity contribution in [3.63, 3.8) is 0 Å². The van der Waals surface area contributed by atoms with Gasteiger partial charge in [0.25, 0.3) is 0 Å². The van der Waals surface area contributed by atoms with E-state index in [0.717, 1.165) is 5.56 Å². The van der Waals surface area contributed by atoms with Gasteiger partial charge in [-0.3, -0.25) is 0 Å². The number of rotatable bonds is 2. The number of ether oxygens (including phenoxy) is 1. The Morgan fingerprint density at radius 2 is 2.00 bits per heavy atom. The third-order valence-corrected chi connectivity index (χ3v) is 4.04. The second-order valence-electron chi connectivity index (χ2n) is 5.24. The second-order valence-corrected chi connectivity index (χ2v) is 5.24. The minimum absolute atomic E-state index is 0.0238. The van der Waals surface area contributed by atoms with E-state index in [0.29, 0.717) is 13.0 Å². The molecule has 19 heavy (non-hydrogen) atoms. The number of hydrogen-bond acceptors (Lipinski definition) is 4. The average molecular weight is 263 g/mol. The van der Waals surface area contributed by atoms with Crippen LogP contribution < -0.4 is 0 Å². The fraction of sp³-hybridized carbons (Fsp3) is 0.500. The molecule has 1 aliphatic heterocycles. The zero-order valence-corrected chi connectivity index (χ0v) is 10.5. The summed E-state index contributed by atoms with van der Waals surface area (Å²) in [7, 11) is 0. The van der Waals surface area contributed by atoms with Gasteiger partial charge in [0.2, 0.25) is 0 Å². The maximum atomic E-state index is 12.0. The molecule has 2 fully saturated rings. The number of fused-ring (bicyclic) bond motifs is 2. The molecule has 102 valence electrons. The van der Waals surface area contributed by atoms with Gasteiger partial charge in [0.1, 0.15) is 12.7 Å². The Labute approximate surface area is 111 Å². The normalized spacial score (nSPS) is 32.6. The Hall–Kier alpha value is -1.59. The van der Waals surface area contributed by atoms with Crippen LogP contribution in [0.5, 0.6) is 0 Å². The molecule has 5 nitrogen and oxygen atoms in total. The Balaban J connectivity index is 1.58. The number of piperidine rings is 1. The summed E-state index contributed by atoms with van der Waals surface area (Å²) < 4.78 is 5.24. The average Bonchev–Trinajstić information content (AvgIpc) is 2.98. The quantitative estimate of drug-likeness (QED) is 0.826. The van der Waals surface area contributed by atoms with E-state index in [9.17, 15) is 15.0 Å². The van der Waals surface area contributed by atoms with Crippen LogP contribution in [0.4, 0.5) is 4.79 Å². The number of aliphatic hydroxyl groups excluding tert-OH is 2. The molecule has 1 amide bonds. The lowest BCUT2D eigenvalue weighted by molar-refractivity contribution is -0.0421. The molecule has 1 aromatic carbocycles. The van der Waals surface area contributed by atoms with E-state index in [4.69, 9.17) is 4.74 Å². The summed E-state index contributed by atoms with van der Waals surface area (Å²) in [6.45, 7) is 0.697. The van der Waals surface area contributed by atoms with Gasteiger partial charge >= 0.3 is 6.09 Å². The van der Waals surface area contributed by atoms with Gasteiger partial charge in [-0.15, -0.1) is 0 Å². The maximum absolute atomic E-state index is 12.0. The van der Waals surface area contributed by atoms with Crippen molar-refractivity contribution in [3.05, 3.63) is 35.9 Å². The van der Waals surface area contributed by atoms with E-state index >= 15 is 0 Å². The first-order chi connectivity index (χ1) is 9.16. The smallest absolute Gasteiger partial charge is 0.410 e. The van der Waals surface area contributed by atoms with Gasteiger partial charge in [-0.25, -0.2) is 4.79 Å². The highest BCUT2D eigenvalue weighted by molar-refractivity contribution is 5.69. The highest BCUT2D eigenvalue weighted by Crippen LogP contribution is 2.38. The number of likely N-dealkylation sites (tertiary alicyclic amines) is 1. The highest BCUT2D eigenvalue weighted by Gasteiger charge is 2.52. The zero-order chi connectivity index (χ0) is 13.4. The standard InChI is InChI=1S/C14H17NO4/c16-12-10-6-11(13(12)17)15(7-10)14(18)19-8-9-4-2-1-3-5-9/h1-5,10-13,16-17H,6-8H2/t10-,11-,12-,13+/m0/s1. The molecular weight excluding hydrogens is 246 g/mol. The summed E-state index contributed by atoms with van der Waals surface area (Å²) in [4.78, 5) is 13.5. The molecule has 1 saturated heterocycles. The number of carbonyl (C=O) groups is 1. The van der Waals surface area contributed by atoms with Crippen LogP contribution in [0.2, 0.25) is 0 Å². The van der Waals surface area contributed by atoms with Crippen molar-refractivity contribution < 1.29 is 19.7 Å². The molecule has 1 saturated carbocycles. The van der Waals surface area contributed by atoms with Crippen LogP contribution in [0.1, 0.15) is 12.0 Å². The molecule has 0 radical (unpaired) electrons. The minimum Gasteiger partial charge on any atom is -0.445 e. The molecule has 4 atom stereocenters. The maximum Gasteiger partial charge on any atom is 0.410 e. The largest absolute Gasteiger partial charge is 0.445 e. The van der Waals surface area contributed by atoms with Crippen molar-refractivity contribution in [1.29, 1.82) is 0 Å². The van der Waals surface area contributed by atoms with Gasteiger partial charge in [-0.2, -0.15) is 0 Å². The van der Waals surface area contributed by atoms with Gasteiger partial charge in [0.15, 0.2) is 0 Å². The fourth-order valence-corrected chi connectivity index (χ4v) is 2.99. The zero-order valence-electron chi connectivity index (χ0n) is 10.5. The van der Waals surface area contributed by atoms with Crippen molar-refractivity contribution in [2.24, 2.45) is 5.92 Å².